The average molecular weight is 397 g/mol. The summed E-state index contributed by atoms with van der Waals surface area (Å²) < 4.78 is 30.7. The van der Waals surface area contributed by atoms with E-state index in [-0.39, 0.29) is 22.1 Å². The molecule has 0 aliphatic rings. The van der Waals surface area contributed by atoms with E-state index in [2.05, 4.69) is 0 Å². The fraction of sp³-hybridized carbons (Fsp3) is 0.176. The van der Waals surface area contributed by atoms with Crippen LogP contribution in [0.3, 0.4) is 0 Å². The highest BCUT2D eigenvalue weighted by atomic mass is 35.5. The van der Waals surface area contributed by atoms with Gasteiger partial charge in [0.25, 0.3) is 0 Å². The monoisotopic (exact) mass is 396 g/mol. The zero-order chi connectivity index (χ0) is 19.5. The SMILES string of the molecule is CN(C)S(=O)(=O)c1cc(C(=O)OCc2ccc(C(N)=O)cc2)ccc1Cl. The molecule has 2 aromatic rings. The summed E-state index contributed by atoms with van der Waals surface area (Å²) >= 11 is 5.95. The van der Waals surface area contributed by atoms with Gasteiger partial charge in [-0.1, -0.05) is 23.7 Å². The molecule has 0 bridgehead atoms. The third-order valence-corrected chi connectivity index (χ3v) is 5.83. The predicted octanol–water partition coefficient (Wildman–Crippen LogP) is 2.05. The molecule has 0 fully saturated rings. The Hall–Kier alpha value is -2.42. The smallest absolute Gasteiger partial charge is 0.338 e. The number of ether oxygens (including phenoxy) is 1. The second kappa shape index (κ2) is 7.86. The van der Waals surface area contributed by atoms with Gasteiger partial charge in [0.05, 0.1) is 10.6 Å². The van der Waals surface area contributed by atoms with E-state index in [0.29, 0.717) is 11.1 Å². The number of sulfonamides is 1. The van der Waals surface area contributed by atoms with E-state index in [1.807, 2.05) is 0 Å². The molecule has 2 N–H and O–H groups in total. The van der Waals surface area contributed by atoms with Crippen molar-refractivity contribution < 1.29 is 22.7 Å². The molecule has 0 unspecified atom stereocenters. The molecule has 138 valence electrons. The molecule has 0 atom stereocenters. The number of benzene rings is 2. The van der Waals surface area contributed by atoms with Gasteiger partial charge in [-0.15, -0.1) is 0 Å². The number of nitrogens with zero attached hydrogens (tertiary/aromatic N) is 1. The summed E-state index contributed by atoms with van der Waals surface area (Å²) in [6.07, 6.45) is 0. The number of amides is 1. The molecule has 0 saturated heterocycles. The second-order valence-corrected chi connectivity index (χ2v) is 8.10. The first kappa shape index (κ1) is 19.9. The zero-order valence-corrected chi connectivity index (χ0v) is 15.7. The minimum atomic E-state index is -3.79. The maximum Gasteiger partial charge on any atom is 0.338 e. The number of halogens is 1. The van der Waals surface area contributed by atoms with Gasteiger partial charge in [0.1, 0.15) is 11.5 Å². The number of nitrogens with two attached hydrogens (primary N) is 1. The van der Waals surface area contributed by atoms with Crippen molar-refractivity contribution >= 4 is 33.5 Å². The van der Waals surface area contributed by atoms with E-state index in [4.69, 9.17) is 22.1 Å². The predicted molar refractivity (Wildman–Crippen MR) is 96.4 cm³/mol. The number of carbonyl (C=O) groups is 2. The highest BCUT2D eigenvalue weighted by Gasteiger charge is 2.22. The van der Waals surface area contributed by atoms with Crippen molar-refractivity contribution in [2.45, 2.75) is 11.5 Å². The van der Waals surface area contributed by atoms with Gasteiger partial charge < -0.3 is 10.5 Å². The Morgan fingerprint density at radius 2 is 1.65 bits per heavy atom. The van der Waals surface area contributed by atoms with Crippen LogP contribution in [0, 0.1) is 0 Å². The average Bonchev–Trinajstić information content (AvgIpc) is 2.60. The van der Waals surface area contributed by atoms with Crippen LogP contribution in [0.1, 0.15) is 26.3 Å². The highest BCUT2D eigenvalue weighted by molar-refractivity contribution is 7.89. The first-order chi connectivity index (χ1) is 12.1. The van der Waals surface area contributed by atoms with Crippen LogP contribution in [0.5, 0.6) is 0 Å². The molecule has 0 heterocycles. The Bertz CT molecular complexity index is 940. The number of rotatable bonds is 6. The number of primary amides is 1. The Morgan fingerprint density at radius 3 is 2.19 bits per heavy atom. The standard InChI is InChI=1S/C17H17ClN2O5S/c1-20(2)26(23,24)15-9-13(7-8-14(15)18)17(22)25-10-11-3-5-12(6-4-11)16(19)21/h3-9H,10H2,1-2H3,(H2,19,21). The molecule has 0 saturated carbocycles. The van der Waals surface area contributed by atoms with Crippen molar-refractivity contribution in [1.82, 2.24) is 4.31 Å². The Labute approximate surface area is 156 Å². The molecule has 2 rings (SSSR count). The second-order valence-electron chi connectivity index (χ2n) is 5.57. The molecular formula is C17H17ClN2O5S. The lowest BCUT2D eigenvalue weighted by Gasteiger charge is -2.13. The zero-order valence-electron chi connectivity index (χ0n) is 14.1. The van der Waals surface area contributed by atoms with Crippen molar-refractivity contribution in [3.8, 4) is 0 Å². The van der Waals surface area contributed by atoms with Crippen LogP contribution in [0.15, 0.2) is 47.4 Å². The molecule has 9 heteroatoms. The number of carbonyl (C=O) groups excluding carboxylic acids is 2. The summed E-state index contributed by atoms with van der Waals surface area (Å²) in [4.78, 5) is 23.1. The van der Waals surface area contributed by atoms with Crippen LogP contribution in [-0.4, -0.2) is 38.7 Å². The molecule has 0 aliphatic carbocycles. The van der Waals surface area contributed by atoms with Crippen LogP contribution in [0.25, 0.3) is 0 Å². The minimum Gasteiger partial charge on any atom is -0.457 e. The summed E-state index contributed by atoms with van der Waals surface area (Å²) in [7, 11) is -1.06. The van der Waals surface area contributed by atoms with Crippen molar-refractivity contribution in [2.75, 3.05) is 14.1 Å². The molecule has 0 radical (unpaired) electrons. The van der Waals surface area contributed by atoms with Crippen LogP contribution < -0.4 is 5.73 Å². The van der Waals surface area contributed by atoms with Gasteiger partial charge in [0.2, 0.25) is 15.9 Å². The van der Waals surface area contributed by atoms with Gasteiger partial charge in [-0.2, -0.15) is 0 Å². The van der Waals surface area contributed by atoms with Crippen molar-refractivity contribution in [3.05, 3.63) is 64.2 Å². The molecule has 0 aliphatic heterocycles. The fourth-order valence-corrected chi connectivity index (χ4v) is 3.42. The summed E-state index contributed by atoms with van der Waals surface area (Å²) in [6.45, 7) is -0.0454. The number of hydrogen-bond donors (Lipinski definition) is 1. The maximum absolute atomic E-state index is 12.2. The van der Waals surface area contributed by atoms with E-state index >= 15 is 0 Å². The third kappa shape index (κ3) is 4.40. The van der Waals surface area contributed by atoms with Gasteiger partial charge in [-0.05, 0) is 35.9 Å². The molecule has 1 amide bonds. The Balaban J connectivity index is 2.16. The van der Waals surface area contributed by atoms with Gasteiger partial charge in [-0.25, -0.2) is 17.5 Å². The van der Waals surface area contributed by atoms with Crippen molar-refractivity contribution in [3.63, 3.8) is 0 Å². The van der Waals surface area contributed by atoms with Crippen molar-refractivity contribution in [2.24, 2.45) is 5.73 Å². The number of esters is 1. The van der Waals surface area contributed by atoms with Gasteiger partial charge in [0, 0.05) is 19.7 Å². The van der Waals surface area contributed by atoms with Gasteiger partial charge in [0.15, 0.2) is 0 Å². The van der Waals surface area contributed by atoms with Crippen LogP contribution in [0.2, 0.25) is 5.02 Å². The van der Waals surface area contributed by atoms with Crippen LogP contribution in [-0.2, 0) is 21.4 Å². The largest absolute Gasteiger partial charge is 0.457 e. The van der Waals surface area contributed by atoms with E-state index in [0.717, 1.165) is 4.31 Å². The third-order valence-electron chi connectivity index (χ3n) is 3.53. The van der Waals surface area contributed by atoms with E-state index in [1.165, 1.54) is 44.4 Å². The summed E-state index contributed by atoms with van der Waals surface area (Å²) in [6, 6.07) is 10.2. The normalized spacial score (nSPS) is 11.4. The van der Waals surface area contributed by atoms with Crippen LogP contribution >= 0.6 is 11.6 Å². The molecule has 7 nitrogen and oxygen atoms in total. The van der Waals surface area contributed by atoms with Crippen molar-refractivity contribution in [1.29, 1.82) is 0 Å². The van der Waals surface area contributed by atoms with Crippen LogP contribution in [0.4, 0.5) is 0 Å². The lowest BCUT2D eigenvalue weighted by Crippen LogP contribution is -2.23. The Morgan fingerprint density at radius 1 is 1.08 bits per heavy atom. The summed E-state index contributed by atoms with van der Waals surface area (Å²) in [5.74, 6) is -1.25. The van der Waals surface area contributed by atoms with Gasteiger partial charge >= 0.3 is 5.97 Å². The summed E-state index contributed by atoms with van der Waals surface area (Å²) in [5.41, 5.74) is 6.21. The molecule has 2 aromatic carbocycles. The summed E-state index contributed by atoms with van der Waals surface area (Å²) in [5, 5.41) is 0.0114. The van der Waals surface area contributed by atoms with E-state index in [9.17, 15) is 18.0 Å². The lowest BCUT2D eigenvalue weighted by molar-refractivity contribution is 0.0472. The maximum atomic E-state index is 12.2. The topological polar surface area (TPSA) is 107 Å². The first-order valence-electron chi connectivity index (χ1n) is 7.41. The number of hydrogen-bond acceptors (Lipinski definition) is 5. The minimum absolute atomic E-state index is 0.0114. The lowest BCUT2D eigenvalue weighted by atomic mass is 10.1. The first-order valence-corrected chi connectivity index (χ1v) is 9.22. The highest BCUT2D eigenvalue weighted by Crippen LogP contribution is 2.25. The molecular weight excluding hydrogens is 380 g/mol. The van der Waals surface area contributed by atoms with E-state index < -0.39 is 21.9 Å². The Kier molecular flexibility index (Phi) is 6.01. The molecule has 0 spiro atoms. The molecule has 26 heavy (non-hydrogen) atoms. The quantitative estimate of drug-likeness (QED) is 0.752. The van der Waals surface area contributed by atoms with E-state index in [1.54, 1.807) is 12.1 Å². The molecule has 0 aromatic heterocycles. The fourth-order valence-electron chi connectivity index (χ4n) is 2.02. The van der Waals surface area contributed by atoms with Gasteiger partial charge in [-0.3, -0.25) is 4.79 Å².